The number of nitrogens with zero attached hydrogens (tertiary/aromatic N) is 3. The van der Waals surface area contributed by atoms with Gasteiger partial charge in [0.25, 0.3) is 17.5 Å². The molecule has 1 aliphatic rings. The molecule has 1 fully saturated rings. The lowest BCUT2D eigenvalue weighted by atomic mass is 10.0. The predicted octanol–water partition coefficient (Wildman–Crippen LogP) is 4.69. The summed E-state index contributed by atoms with van der Waals surface area (Å²) in [5.74, 6) is -1.03. The minimum Gasteiger partial charge on any atom is -0.322 e. The number of carbonyl (C=O) groups is 3. The molecule has 4 rings (SSSR count). The fourth-order valence-corrected chi connectivity index (χ4v) is 4.13. The van der Waals surface area contributed by atoms with Crippen LogP contribution in [0.3, 0.4) is 0 Å². The molecule has 0 saturated carbocycles. The molecule has 1 heterocycles. The van der Waals surface area contributed by atoms with Gasteiger partial charge in [0, 0.05) is 24.2 Å². The summed E-state index contributed by atoms with van der Waals surface area (Å²) in [6.07, 6.45) is -0.143. The molecule has 0 N–H and O–H groups in total. The smallest absolute Gasteiger partial charge is 0.269 e. The first-order chi connectivity index (χ1) is 16.8. The van der Waals surface area contributed by atoms with E-state index in [0.717, 1.165) is 16.0 Å². The first-order valence-electron chi connectivity index (χ1n) is 11.3. The van der Waals surface area contributed by atoms with Crippen LogP contribution < -0.4 is 4.90 Å². The first-order valence-corrected chi connectivity index (χ1v) is 11.3. The fourth-order valence-electron chi connectivity index (χ4n) is 4.13. The van der Waals surface area contributed by atoms with E-state index in [1.54, 1.807) is 12.1 Å². The van der Waals surface area contributed by atoms with E-state index in [-0.39, 0.29) is 30.1 Å². The molecule has 1 aliphatic heterocycles. The Labute approximate surface area is 202 Å². The van der Waals surface area contributed by atoms with Crippen LogP contribution in [0, 0.1) is 10.1 Å². The van der Waals surface area contributed by atoms with Gasteiger partial charge in [0.2, 0.25) is 5.91 Å². The van der Waals surface area contributed by atoms with Crippen molar-refractivity contribution in [2.45, 2.75) is 38.8 Å². The topological polar surface area (TPSA) is 101 Å². The molecule has 8 heteroatoms. The number of rotatable bonds is 7. The van der Waals surface area contributed by atoms with Gasteiger partial charge in [-0.25, -0.2) is 4.90 Å². The highest BCUT2D eigenvalue weighted by atomic mass is 16.6. The van der Waals surface area contributed by atoms with E-state index in [0.29, 0.717) is 11.6 Å². The Bertz CT molecular complexity index is 1250. The number of nitro benzene ring substituents is 1. The van der Waals surface area contributed by atoms with E-state index in [4.69, 9.17) is 0 Å². The maximum atomic E-state index is 13.5. The minimum atomic E-state index is -0.991. The lowest BCUT2D eigenvalue weighted by Crippen LogP contribution is -2.45. The quantitative estimate of drug-likeness (QED) is 0.283. The number of benzene rings is 3. The van der Waals surface area contributed by atoms with Crippen molar-refractivity contribution in [2.75, 3.05) is 4.90 Å². The van der Waals surface area contributed by atoms with Crippen LogP contribution in [0.5, 0.6) is 0 Å². The van der Waals surface area contributed by atoms with Crippen molar-refractivity contribution in [2.24, 2.45) is 0 Å². The number of nitro groups is 1. The zero-order chi connectivity index (χ0) is 25.1. The average Bonchev–Trinajstić information content (AvgIpc) is 3.16. The van der Waals surface area contributed by atoms with Gasteiger partial charge in [-0.05, 0) is 41.3 Å². The lowest BCUT2D eigenvalue weighted by Gasteiger charge is -2.28. The van der Waals surface area contributed by atoms with Gasteiger partial charge in [-0.3, -0.25) is 24.5 Å². The Morgan fingerprint density at radius 3 is 2.20 bits per heavy atom. The van der Waals surface area contributed by atoms with Crippen LogP contribution in [0.2, 0.25) is 0 Å². The Balaban J connectivity index is 1.66. The molecule has 0 bridgehead atoms. The Morgan fingerprint density at radius 2 is 1.63 bits per heavy atom. The third kappa shape index (κ3) is 4.96. The second kappa shape index (κ2) is 9.89. The molecule has 0 radical (unpaired) electrons. The summed E-state index contributed by atoms with van der Waals surface area (Å²) in [4.78, 5) is 52.9. The van der Waals surface area contributed by atoms with Gasteiger partial charge in [-0.2, -0.15) is 0 Å². The Hall–Kier alpha value is -4.33. The molecule has 0 aliphatic carbocycles. The summed E-state index contributed by atoms with van der Waals surface area (Å²) >= 11 is 0. The molecule has 8 nitrogen and oxygen atoms in total. The summed E-state index contributed by atoms with van der Waals surface area (Å²) in [6.45, 7) is 4.23. The van der Waals surface area contributed by atoms with Crippen LogP contribution in [0.4, 0.5) is 11.4 Å². The summed E-state index contributed by atoms with van der Waals surface area (Å²) in [7, 11) is 0. The van der Waals surface area contributed by atoms with Crippen molar-refractivity contribution in [3.8, 4) is 0 Å². The third-order valence-corrected chi connectivity index (χ3v) is 6.10. The number of anilines is 1. The second-order valence-corrected chi connectivity index (χ2v) is 8.76. The summed E-state index contributed by atoms with van der Waals surface area (Å²) in [5, 5.41) is 11.0. The summed E-state index contributed by atoms with van der Waals surface area (Å²) in [5.41, 5.74) is 2.41. The largest absolute Gasteiger partial charge is 0.322 e. The van der Waals surface area contributed by atoms with Gasteiger partial charge < -0.3 is 4.90 Å². The number of hydrogen-bond donors (Lipinski definition) is 0. The zero-order valence-corrected chi connectivity index (χ0v) is 19.5. The van der Waals surface area contributed by atoms with Crippen LogP contribution in [0.15, 0.2) is 78.9 Å². The van der Waals surface area contributed by atoms with Crippen LogP contribution in [0.1, 0.15) is 47.7 Å². The van der Waals surface area contributed by atoms with E-state index < -0.39 is 22.8 Å². The van der Waals surface area contributed by atoms with Crippen molar-refractivity contribution in [1.82, 2.24) is 4.90 Å². The Kier molecular flexibility index (Phi) is 6.73. The highest BCUT2D eigenvalue weighted by molar-refractivity contribution is 6.23. The van der Waals surface area contributed by atoms with Crippen molar-refractivity contribution in [1.29, 1.82) is 0 Å². The minimum absolute atomic E-state index is 0.112. The van der Waals surface area contributed by atoms with E-state index in [2.05, 4.69) is 13.8 Å². The number of hydrogen-bond acceptors (Lipinski definition) is 5. The van der Waals surface area contributed by atoms with Gasteiger partial charge in [-0.15, -0.1) is 0 Å². The van der Waals surface area contributed by atoms with E-state index in [1.807, 2.05) is 42.5 Å². The molecule has 0 spiro atoms. The molecule has 35 heavy (non-hydrogen) atoms. The Morgan fingerprint density at radius 1 is 1.00 bits per heavy atom. The number of amides is 3. The highest BCUT2D eigenvalue weighted by Gasteiger charge is 2.44. The van der Waals surface area contributed by atoms with Crippen LogP contribution in [-0.4, -0.2) is 33.6 Å². The van der Waals surface area contributed by atoms with Crippen molar-refractivity contribution in [3.05, 3.63) is 106 Å². The van der Waals surface area contributed by atoms with Gasteiger partial charge in [0.05, 0.1) is 17.0 Å². The molecule has 1 unspecified atom stereocenters. The van der Waals surface area contributed by atoms with Crippen molar-refractivity contribution < 1.29 is 19.3 Å². The molecular weight excluding hydrogens is 446 g/mol. The second-order valence-electron chi connectivity index (χ2n) is 8.76. The normalized spacial score (nSPS) is 15.5. The maximum absolute atomic E-state index is 13.5. The standard InChI is InChI=1S/C27H25N3O5/c1-18(2)20-8-12-22(13-9-20)29-25(31)16-24(27(29)33)28(17-19-6-4-3-5-7-19)26(32)21-10-14-23(15-11-21)30(34)35/h3-15,18,24H,16-17H2,1-2H3. The van der Waals surface area contributed by atoms with Gasteiger partial charge in [0.15, 0.2) is 0 Å². The van der Waals surface area contributed by atoms with E-state index >= 15 is 0 Å². The zero-order valence-electron chi connectivity index (χ0n) is 19.5. The molecule has 3 aromatic rings. The van der Waals surface area contributed by atoms with E-state index in [9.17, 15) is 24.5 Å². The molecule has 178 valence electrons. The molecule has 3 amide bonds. The molecule has 1 atom stereocenters. The number of carbonyl (C=O) groups excluding carboxylic acids is 3. The molecular formula is C27H25N3O5. The molecule has 0 aromatic heterocycles. The number of imide groups is 1. The fraction of sp³-hybridized carbons (Fsp3) is 0.222. The van der Waals surface area contributed by atoms with Crippen LogP contribution >= 0.6 is 0 Å². The molecule has 1 saturated heterocycles. The van der Waals surface area contributed by atoms with Gasteiger partial charge in [0.1, 0.15) is 6.04 Å². The third-order valence-electron chi connectivity index (χ3n) is 6.10. The highest BCUT2D eigenvalue weighted by Crippen LogP contribution is 2.29. The van der Waals surface area contributed by atoms with Crippen molar-refractivity contribution >= 4 is 29.1 Å². The van der Waals surface area contributed by atoms with Crippen molar-refractivity contribution in [3.63, 3.8) is 0 Å². The summed E-state index contributed by atoms with van der Waals surface area (Å²) in [6, 6.07) is 20.7. The van der Waals surface area contributed by atoms with Gasteiger partial charge >= 0.3 is 0 Å². The van der Waals surface area contributed by atoms with Crippen LogP contribution in [-0.2, 0) is 16.1 Å². The number of non-ortho nitro benzene ring substituents is 1. The molecule has 3 aromatic carbocycles. The predicted molar refractivity (Wildman–Crippen MR) is 131 cm³/mol. The summed E-state index contributed by atoms with van der Waals surface area (Å²) < 4.78 is 0. The SMILES string of the molecule is CC(C)c1ccc(N2C(=O)CC(N(Cc3ccccc3)C(=O)c3ccc([N+](=O)[O-])cc3)C2=O)cc1. The average molecular weight is 472 g/mol. The van der Waals surface area contributed by atoms with Crippen LogP contribution in [0.25, 0.3) is 0 Å². The van der Waals surface area contributed by atoms with Gasteiger partial charge in [-0.1, -0.05) is 56.3 Å². The lowest BCUT2D eigenvalue weighted by molar-refractivity contribution is -0.384. The maximum Gasteiger partial charge on any atom is 0.269 e. The first kappa shape index (κ1) is 23.8. The monoisotopic (exact) mass is 471 g/mol. The van der Waals surface area contributed by atoms with E-state index in [1.165, 1.54) is 29.2 Å².